The molecule has 0 atom stereocenters. The maximum atomic E-state index is 12.2. The number of carbonyl (C=O) groups is 1. The third kappa shape index (κ3) is 1.10. The van der Waals surface area contributed by atoms with E-state index in [0.29, 0.717) is 6.29 Å². The van der Waals surface area contributed by atoms with Gasteiger partial charge < -0.3 is 4.98 Å². The van der Waals surface area contributed by atoms with Gasteiger partial charge in [-0.15, -0.1) is 0 Å². The molecule has 0 aromatic carbocycles. The number of carbonyl (C=O) groups excluding carboxylic acids is 1. The number of H-pyrrole nitrogens is 1. The van der Waals surface area contributed by atoms with Crippen LogP contribution in [0.15, 0.2) is 17.1 Å². The highest BCUT2D eigenvalue weighted by molar-refractivity contribution is 5.71. The van der Waals surface area contributed by atoms with Crippen molar-refractivity contribution in [2.75, 3.05) is 0 Å². The molecule has 0 radical (unpaired) electrons. The Labute approximate surface area is 55.5 Å². The molecule has 0 saturated carbocycles. The molecule has 10 heavy (non-hydrogen) atoms. The quantitative estimate of drug-likeness (QED) is 0.573. The van der Waals surface area contributed by atoms with Crippen molar-refractivity contribution in [1.82, 2.24) is 4.98 Å². The van der Waals surface area contributed by atoms with Gasteiger partial charge in [0, 0.05) is 12.3 Å². The molecular weight excluding hydrogens is 137 g/mol. The summed E-state index contributed by atoms with van der Waals surface area (Å²) in [5.41, 5.74) is -0.702. The Morgan fingerprint density at radius 2 is 2.30 bits per heavy atom. The van der Waals surface area contributed by atoms with Crippen LogP contribution in [0.5, 0.6) is 0 Å². The Bertz CT molecular complexity index is 305. The minimum absolute atomic E-state index is 0.0754. The van der Waals surface area contributed by atoms with E-state index < -0.39 is 11.2 Å². The number of hydrogen-bond donors (Lipinski definition) is 1. The molecule has 0 unspecified atom stereocenters. The first kappa shape index (κ1) is 6.67. The SMILES string of the molecule is O=Cc1cc(=O)c(F)c[nH]1. The normalized spacial score (nSPS) is 9.30. The highest BCUT2D eigenvalue weighted by Gasteiger charge is 1.96. The van der Waals surface area contributed by atoms with E-state index in [1.807, 2.05) is 0 Å². The molecule has 0 saturated heterocycles. The number of hydrogen-bond acceptors (Lipinski definition) is 2. The van der Waals surface area contributed by atoms with Gasteiger partial charge in [-0.05, 0) is 0 Å². The van der Waals surface area contributed by atoms with Gasteiger partial charge in [-0.3, -0.25) is 9.59 Å². The van der Waals surface area contributed by atoms with E-state index in [0.717, 1.165) is 12.3 Å². The van der Waals surface area contributed by atoms with Gasteiger partial charge in [0.1, 0.15) is 0 Å². The van der Waals surface area contributed by atoms with Crippen molar-refractivity contribution >= 4 is 6.29 Å². The lowest BCUT2D eigenvalue weighted by Crippen LogP contribution is -2.06. The minimum Gasteiger partial charge on any atom is -0.356 e. The Kier molecular flexibility index (Phi) is 1.62. The zero-order chi connectivity index (χ0) is 7.56. The maximum absolute atomic E-state index is 12.2. The molecule has 0 bridgehead atoms. The second kappa shape index (κ2) is 2.43. The lowest BCUT2D eigenvalue weighted by Gasteiger charge is -1.87. The number of pyridine rings is 1. The predicted molar refractivity (Wildman–Crippen MR) is 32.4 cm³/mol. The fraction of sp³-hybridized carbons (Fsp3) is 0. The molecule has 1 aromatic rings. The number of aromatic amines is 1. The number of aromatic nitrogens is 1. The van der Waals surface area contributed by atoms with Gasteiger partial charge in [0.2, 0.25) is 5.43 Å². The van der Waals surface area contributed by atoms with E-state index in [1.54, 1.807) is 0 Å². The number of rotatable bonds is 1. The highest BCUT2D eigenvalue weighted by atomic mass is 19.1. The van der Waals surface area contributed by atoms with Crippen LogP contribution in [-0.4, -0.2) is 11.3 Å². The summed E-state index contributed by atoms with van der Waals surface area (Å²) in [7, 11) is 0. The second-order valence-corrected chi connectivity index (χ2v) is 1.72. The molecule has 1 aromatic heterocycles. The molecule has 0 fully saturated rings. The molecule has 1 heterocycles. The average Bonchev–Trinajstić information content (AvgIpc) is 1.95. The van der Waals surface area contributed by atoms with E-state index in [-0.39, 0.29) is 5.69 Å². The third-order valence-electron chi connectivity index (χ3n) is 1.01. The lowest BCUT2D eigenvalue weighted by atomic mass is 10.4. The summed E-state index contributed by atoms with van der Waals surface area (Å²) in [6.07, 6.45) is 1.30. The second-order valence-electron chi connectivity index (χ2n) is 1.72. The molecule has 1 N–H and O–H groups in total. The van der Waals surface area contributed by atoms with Crippen LogP contribution in [0, 0.1) is 5.82 Å². The van der Waals surface area contributed by atoms with E-state index in [2.05, 4.69) is 4.98 Å². The van der Waals surface area contributed by atoms with Crippen molar-refractivity contribution in [3.8, 4) is 0 Å². The van der Waals surface area contributed by atoms with Crippen molar-refractivity contribution < 1.29 is 9.18 Å². The first-order valence-electron chi connectivity index (χ1n) is 2.57. The van der Waals surface area contributed by atoms with Gasteiger partial charge in [0.25, 0.3) is 0 Å². The zero-order valence-corrected chi connectivity index (χ0v) is 4.93. The van der Waals surface area contributed by atoms with Crippen molar-refractivity contribution in [2.24, 2.45) is 0 Å². The highest BCUT2D eigenvalue weighted by Crippen LogP contribution is 1.86. The van der Waals surface area contributed by atoms with Crippen LogP contribution in [-0.2, 0) is 0 Å². The van der Waals surface area contributed by atoms with Crippen LogP contribution in [0.3, 0.4) is 0 Å². The van der Waals surface area contributed by atoms with Gasteiger partial charge in [-0.2, -0.15) is 0 Å². The summed E-state index contributed by atoms with van der Waals surface area (Å²) >= 11 is 0. The standard InChI is InChI=1S/C6H4FNO2/c7-5-2-8-4(3-9)1-6(5)10/h1-3H,(H,8,10). The maximum Gasteiger partial charge on any atom is 0.217 e. The van der Waals surface area contributed by atoms with E-state index >= 15 is 0 Å². The molecular formula is C6H4FNO2. The number of nitrogens with one attached hydrogen (secondary N) is 1. The fourth-order valence-electron chi connectivity index (χ4n) is 0.538. The molecule has 52 valence electrons. The van der Waals surface area contributed by atoms with Crippen molar-refractivity contribution in [3.05, 3.63) is 34.0 Å². The van der Waals surface area contributed by atoms with Crippen LogP contribution in [0.25, 0.3) is 0 Å². The smallest absolute Gasteiger partial charge is 0.217 e. The first-order valence-corrected chi connectivity index (χ1v) is 2.57. The number of aldehydes is 1. The predicted octanol–water partition coefficient (Wildman–Crippen LogP) is 0.326. The van der Waals surface area contributed by atoms with Gasteiger partial charge in [0.15, 0.2) is 12.1 Å². The number of halogens is 1. The third-order valence-corrected chi connectivity index (χ3v) is 1.01. The summed E-state index contributed by atoms with van der Waals surface area (Å²) in [5, 5.41) is 0. The van der Waals surface area contributed by atoms with Gasteiger partial charge >= 0.3 is 0 Å². The van der Waals surface area contributed by atoms with Gasteiger partial charge in [0.05, 0.1) is 5.69 Å². The van der Waals surface area contributed by atoms with Crippen LogP contribution in [0.4, 0.5) is 4.39 Å². The molecule has 0 aliphatic rings. The van der Waals surface area contributed by atoms with Crippen molar-refractivity contribution in [2.45, 2.75) is 0 Å². The van der Waals surface area contributed by atoms with E-state index in [4.69, 9.17) is 0 Å². The Hall–Kier alpha value is -1.45. The summed E-state index contributed by atoms with van der Waals surface area (Å²) < 4.78 is 12.2. The minimum atomic E-state index is -0.884. The Morgan fingerprint density at radius 1 is 1.60 bits per heavy atom. The summed E-state index contributed by atoms with van der Waals surface area (Å²) in [6, 6.07) is 0.905. The van der Waals surface area contributed by atoms with Gasteiger partial charge in [-0.1, -0.05) is 0 Å². The topological polar surface area (TPSA) is 49.9 Å². The molecule has 0 aliphatic carbocycles. The molecule has 0 aliphatic heterocycles. The molecule has 0 amide bonds. The average molecular weight is 141 g/mol. The van der Waals surface area contributed by atoms with Crippen LogP contribution < -0.4 is 5.43 Å². The molecule has 0 spiro atoms. The van der Waals surface area contributed by atoms with Crippen LogP contribution in [0.1, 0.15) is 10.5 Å². The van der Waals surface area contributed by atoms with E-state index in [9.17, 15) is 14.0 Å². The molecule has 3 nitrogen and oxygen atoms in total. The van der Waals surface area contributed by atoms with Crippen LogP contribution >= 0.6 is 0 Å². The summed E-state index contributed by atoms with van der Waals surface area (Å²) in [4.78, 5) is 22.7. The van der Waals surface area contributed by atoms with Crippen LogP contribution in [0.2, 0.25) is 0 Å². The molecule has 4 heteroatoms. The van der Waals surface area contributed by atoms with Crippen molar-refractivity contribution in [3.63, 3.8) is 0 Å². The lowest BCUT2D eigenvalue weighted by molar-refractivity contribution is 0.111. The largest absolute Gasteiger partial charge is 0.356 e. The Balaban J connectivity index is 3.30. The fourth-order valence-corrected chi connectivity index (χ4v) is 0.538. The molecule has 1 rings (SSSR count). The Morgan fingerprint density at radius 3 is 2.80 bits per heavy atom. The monoisotopic (exact) mass is 141 g/mol. The first-order chi connectivity index (χ1) is 4.74. The van der Waals surface area contributed by atoms with Crippen molar-refractivity contribution in [1.29, 1.82) is 0 Å². The zero-order valence-electron chi connectivity index (χ0n) is 4.93. The summed E-state index contributed by atoms with van der Waals surface area (Å²) in [5.74, 6) is -0.884. The van der Waals surface area contributed by atoms with E-state index in [1.165, 1.54) is 0 Å². The summed E-state index contributed by atoms with van der Waals surface area (Å²) in [6.45, 7) is 0. The van der Waals surface area contributed by atoms with Gasteiger partial charge in [-0.25, -0.2) is 4.39 Å².